The second-order valence-electron chi connectivity index (χ2n) is 5.07. The number of ether oxygens (including phenoxy) is 1. The Morgan fingerprint density at radius 3 is 3.04 bits per heavy atom. The Morgan fingerprint density at radius 1 is 1.48 bits per heavy atom. The molecule has 1 unspecified atom stereocenters. The molecule has 122 valence electrons. The topological polar surface area (TPSA) is 130 Å². The molecule has 1 aliphatic heterocycles. The summed E-state index contributed by atoms with van der Waals surface area (Å²) in [6.07, 6.45) is 4.85. The number of nitrogens with one attached hydrogen (secondary N) is 1. The Labute approximate surface area is 130 Å². The van der Waals surface area contributed by atoms with E-state index in [1.807, 2.05) is 0 Å². The van der Waals surface area contributed by atoms with E-state index < -0.39 is 10.9 Å². The van der Waals surface area contributed by atoms with E-state index in [2.05, 4.69) is 20.5 Å². The second kappa shape index (κ2) is 6.52. The van der Waals surface area contributed by atoms with Crippen molar-refractivity contribution in [2.75, 3.05) is 13.2 Å². The number of carbonyl (C=O) groups excluding carboxylic acids is 1. The van der Waals surface area contributed by atoms with Crippen molar-refractivity contribution in [3.63, 3.8) is 0 Å². The van der Waals surface area contributed by atoms with Crippen LogP contribution in [0.2, 0.25) is 0 Å². The minimum Gasteiger partial charge on any atom is -0.390 e. The molecule has 23 heavy (non-hydrogen) atoms. The van der Waals surface area contributed by atoms with E-state index in [1.54, 1.807) is 12.3 Å². The van der Waals surface area contributed by atoms with Gasteiger partial charge in [-0.25, -0.2) is 4.68 Å². The van der Waals surface area contributed by atoms with Crippen molar-refractivity contribution in [3.8, 4) is 0 Å². The van der Waals surface area contributed by atoms with E-state index >= 15 is 0 Å². The van der Waals surface area contributed by atoms with Crippen LogP contribution in [0, 0.1) is 10.1 Å². The van der Waals surface area contributed by atoms with Gasteiger partial charge in [-0.2, -0.15) is 9.78 Å². The Morgan fingerprint density at radius 2 is 2.35 bits per heavy atom. The average Bonchev–Trinajstić information content (AvgIpc) is 3.27. The predicted octanol–water partition coefficient (Wildman–Crippen LogP) is -0.203. The number of rotatable bonds is 6. The van der Waals surface area contributed by atoms with E-state index in [9.17, 15) is 14.9 Å². The van der Waals surface area contributed by atoms with Gasteiger partial charge in [0.15, 0.2) is 6.67 Å². The van der Waals surface area contributed by atoms with E-state index in [0.717, 1.165) is 19.4 Å². The van der Waals surface area contributed by atoms with Crippen LogP contribution in [0.3, 0.4) is 0 Å². The first-order valence-corrected chi connectivity index (χ1v) is 7.09. The molecule has 0 saturated carbocycles. The fourth-order valence-electron chi connectivity index (χ4n) is 2.25. The standard InChI is InChI=1S/C12H15N7O4/c20-11(13-6-9-2-1-5-23-9)10-3-4-17(15-10)8-18-7-14-12(16-18)19(21)22/h3-4,7,9H,1-2,5-6,8H2,(H,13,20). The van der Waals surface area contributed by atoms with E-state index in [0.29, 0.717) is 6.54 Å². The van der Waals surface area contributed by atoms with Gasteiger partial charge in [0, 0.05) is 24.4 Å². The largest absolute Gasteiger partial charge is 0.491 e. The molecule has 0 spiro atoms. The summed E-state index contributed by atoms with van der Waals surface area (Å²) in [6.45, 7) is 1.32. The molecular formula is C12H15N7O4. The first kappa shape index (κ1) is 15.1. The maximum atomic E-state index is 12.0. The smallest absolute Gasteiger partial charge is 0.390 e. The average molecular weight is 321 g/mol. The number of aromatic nitrogens is 5. The number of amides is 1. The third-order valence-electron chi connectivity index (χ3n) is 3.37. The molecule has 0 aliphatic carbocycles. The van der Waals surface area contributed by atoms with Crippen LogP contribution in [-0.2, 0) is 11.4 Å². The molecule has 1 atom stereocenters. The number of nitrogens with zero attached hydrogens (tertiary/aromatic N) is 6. The quantitative estimate of drug-likeness (QED) is 0.575. The van der Waals surface area contributed by atoms with Gasteiger partial charge < -0.3 is 20.2 Å². The fourth-order valence-corrected chi connectivity index (χ4v) is 2.25. The summed E-state index contributed by atoms with van der Waals surface area (Å²) >= 11 is 0. The van der Waals surface area contributed by atoms with Gasteiger partial charge in [0.05, 0.1) is 6.10 Å². The molecule has 11 heteroatoms. The van der Waals surface area contributed by atoms with Crippen LogP contribution in [0.1, 0.15) is 23.3 Å². The van der Waals surface area contributed by atoms with Crippen molar-refractivity contribution >= 4 is 11.9 Å². The molecule has 2 aromatic rings. The Hall–Kier alpha value is -2.82. The van der Waals surface area contributed by atoms with Gasteiger partial charge in [-0.3, -0.25) is 4.79 Å². The molecule has 11 nitrogen and oxygen atoms in total. The zero-order chi connectivity index (χ0) is 16.2. The molecule has 1 fully saturated rings. The maximum absolute atomic E-state index is 12.0. The molecule has 3 rings (SSSR count). The van der Waals surface area contributed by atoms with Crippen molar-refractivity contribution in [1.82, 2.24) is 29.9 Å². The first-order valence-electron chi connectivity index (χ1n) is 7.09. The molecule has 1 amide bonds. The fraction of sp³-hybridized carbons (Fsp3) is 0.500. The minimum atomic E-state index is -0.677. The molecule has 1 N–H and O–H groups in total. The monoisotopic (exact) mass is 321 g/mol. The molecule has 1 saturated heterocycles. The molecular weight excluding hydrogens is 306 g/mol. The van der Waals surface area contributed by atoms with Gasteiger partial charge in [-0.05, 0) is 23.8 Å². The SMILES string of the molecule is O=C(NCC1CCCO1)c1ccn(Cn2cnc([N+](=O)[O-])n2)n1. The second-order valence-corrected chi connectivity index (χ2v) is 5.07. The lowest BCUT2D eigenvalue weighted by atomic mass is 10.2. The van der Waals surface area contributed by atoms with Crippen molar-refractivity contribution < 1.29 is 14.5 Å². The first-order chi connectivity index (χ1) is 11.1. The Kier molecular flexibility index (Phi) is 4.28. The lowest BCUT2D eigenvalue weighted by Crippen LogP contribution is -2.32. The van der Waals surface area contributed by atoms with Crippen LogP contribution < -0.4 is 5.32 Å². The van der Waals surface area contributed by atoms with Crippen LogP contribution in [0.5, 0.6) is 0 Å². The van der Waals surface area contributed by atoms with Gasteiger partial charge in [-0.1, -0.05) is 4.98 Å². The Bertz CT molecular complexity index is 704. The summed E-state index contributed by atoms with van der Waals surface area (Å²) in [5.41, 5.74) is 0.262. The number of hydrogen-bond donors (Lipinski definition) is 1. The highest BCUT2D eigenvalue weighted by atomic mass is 16.6. The van der Waals surface area contributed by atoms with E-state index in [1.165, 1.54) is 15.7 Å². The van der Waals surface area contributed by atoms with Crippen LogP contribution in [0.25, 0.3) is 0 Å². The van der Waals surface area contributed by atoms with E-state index in [4.69, 9.17) is 4.74 Å². The zero-order valence-corrected chi connectivity index (χ0v) is 12.2. The van der Waals surface area contributed by atoms with Crippen LogP contribution >= 0.6 is 0 Å². The molecule has 0 radical (unpaired) electrons. The van der Waals surface area contributed by atoms with Gasteiger partial charge in [0.25, 0.3) is 5.91 Å². The summed E-state index contributed by atoms with van der Waals surface area (Å²) in [5, 5.41) is 21.1. The normalized spacial score (nSPS) is 17.3. The van der Waals surface area contributed by atoms with Gasteiger partial charge >= 0.3 is 5.95 Å². The molecule has 0 bridgehead atoms. The third-order valence-corrected chi connectivity index (χ3v) is 3.37. The Balaban J connectivity index is 1.56. The van der Waals surface area contributed by atoms with Gasteiger partial charge in [-0.15, -0.1) is 0 Å². The van der Waals surface area contributed by atoms with Crippen LogP contribution in [0.15, 0.2) is 18.6 Å². The van der Waals surface area contributed by atoms with Crippen molar-refractivity contribution in [3.05, 3.63) is 34.4 Å². The number of nitro groups is 1. The van der Waals surface area contributed by atoms with Crippen LogP contribution in [0.4, 0.5) is 5.95 Å². The van der Waals surface area contributed by atoms with Crippen molar-refractivity contribution in [2.45, 2.75) is 25.6 Å². The minimum absolute atomic E-state index is 0.0664. The molecule has 1 aliphatic rings. The van der Waals surface area contributed by atoms with E-state index in [-0.39, 0.29) is 24.4 Å². The molecule has 3 heterocycles. The number of hydrogen-bond acceptors (Lipinski definition) is 7. The highest BCUT2D eigenvalue weighted by Gasteiger charge is 2.18. The molecule has 0 aromatic carbocycles. The van der Waals surface area contributed by atoms with Crippen molar-refractivity contribution in [2.24, 2.45) is 0 Å². The summed E-state index contributed by atoms with van der Waals surface area (Å²) in [4.78, 5) is 25.4. The highest BCUT2D eigenvalue weighted by Crippen LogP contribution is 2.10. The number of carbonyl (C=O) groups is 1. The maximum Gasteiger partial charge on any atom is 0.491 e. The lowest BCUT2D eigenvalue weighted by Gasteiger charge is -2.09. The van der Waals surface area contributed by atoms with Gasteiger partial charge in [0.1, 0.15) is 5.69 Å². The predicted molar refractivity (Wildman–Crippen MR) is 75.6 cm³/mol. The summed E-state index contributed by atoms with van der Waals surface area (Å²) < 4.78 is 8.14. The summed E-state index contributed by atoms with van der Waals surface area (Å²) in [7, 11) is 0. The zero-order valence-electron chi connectivity index (χ0n) is 12.2. The third kappa shape index (κ3) is 3.69. The van der Waals surface area contributed by atoms with Crippen LogP contribution in [-0.4, -0.2) is 54.6 Å². The lowest BCUT2D eigenvalue weighted by molar-refractivity contribution is -0.394. The highest BCUT2D eigenvalue weighted by molar-refractivity contribution is 5.92. The molecule has 2 aromatic heterocycles. The van der Waals surface area contributed by atoms with Crippen molar-refractivity contribution in [1.29, 1.82) is 0 Å². The summed E-state index contributed by atoms with van der Waals surface area (Å²) in [5.74, 6) is -0.768. The van der Waals surface area contributed by atoms with Gasteiger partial charge in [0.2, 0.25) is 6.33 Å². The summed E-state index contributed by atoms with van der Waals surface area (Å²) in [6, 6.07) is 1.57.